The van der Waals surface area contributed by atoms with E-state index in [1.54, 1.807) is 20.8 Å². The van der Waals surface area contributed by atoms with Crippen molar-refractivity contribution in [2.75, 3.05) is 0 Å². The number of ether oxygens (including phenoxy) is 1. The van der Waals surface area contributed by atoms with Gasteiger partial charge in [0.2, 0.25) is 0 Å². The molecule has 0 aliphatic rings. The van der Waals surface area contributed by atoms with Crippen LogP contribution in [0.2, 0.25) is 5.04 Å². The summed E-state index contributed by atoms with van der Waals surface area (Å²) in [6.45, 7) is 5.29. The highest BCUT2D eigenvalue weighted by Gasteiger charge is 2.43. The predicted octanol–water partition coefficient (Wildman–Crippen LogP) is 1.04. The highest BCUT2D eigenvalue weighted by atomic mass is 28.1. The Hall–Kier alpha value is -1.13. The summed E-state index contributed by atoms with van der Waals surface area (Å²) in [5.74, 6) is -0.333. The maximum absolute atomic E-state index is 11.9. The van der Waals surface area contributed by atoms with Crippen LogP contribution in [-0.4, -0.2) is 26.9 Å². The van der Waals surface area contributed by atoms with E-state index in [0.717, 1.165) is 5.56 Å². The molecule has 0 saturated heterocycles. The Bertz CT molecular complexity index is 379. The highest BCUT2D eigenvalue weighted by Crippen LogP contribution is 2.36. The molecular formula is C13H20O3Si. The first-order valence-corrected chi connectivity index (χ1v) is 6.68. The van der Waals surface area contributed by atoms with E-state index in [0.29, 0.717) is 10.2 Å². The summed E-state index contributed by atoms with van der Waals surface area (Å²) in [4.78, 5) is 11.9. The van der Waals surface area contributed by atoms with Crippen LogP contribution in [0.1, 0.15) is 26.3 Å². The first kappa shape index (κ1) is 13.9. The normalized spacial score (nSPS) is 15.3. The summed E-state index contributed by atoms with van der Waals surface area (Å²) >= 11 is 0. The van der Waals surface area contributed by atoms with Gasteiger partial charge < -0.3 is 9.84 Å². The quantitative estimate of drug-likeness (QED) is 0.643. The number of carbonyl (C=O) groups is 1. The van der Waals surface area contributed by atoms with Crippen LogP contribution in [0.3, 0.4) is 0 Å². The van der Waals surface area contributed by atoms with Crippen LogP contribution in [0.15, 0.2) is 30.3 Å². The molecule has 0 aliphatic heterocycles. The monoisotopic (exact) mass is 252 g/mol. The van der Waals surface area contributed by atoms with Crippen LogP contribution < -0.4 is 0 Å². The van der Waals surface area contributed by atoms with E-state index in [1.165, 1.54) is 0 Å². The molecule has 1 aromatic rings. The topological polar surface area (TPSA) is 46.5 Å². The van der Waals surface area contributed by atoms with Crippen LogP contribution >= 0.6 is 0 Å². The van der Waals surface area contributed by atoms with Gasteiger partial charge in [-0.2, -0.15) is 0 Å². The summed E-state index contributed by atoms with van der Waals surface area (Å²) < 4.78 is 5.26. The fourth-order valence-electron chi connectivity index (χ4n) is 1.15. The molecular weight excluding hydrogens is 232 g/mol. The lowest BCUT2D eigenvalue weighted by Gasteiger charge is -2.34. The first-order valence-electron chi connectivity index (χ1n) is 5.68. The highest BCUT2D eigenvalue weighted by molar-refractivity contribution is 6.27. The average molecular weight is 252 g/mol. The Labute approximate surface area is 105 Å². The minimum absolute atomic E-state index is 0.258. The van der Waals surface area contributed by atoms with Gasteiger partial charge in [-0.1, -0.05) is 30.3 Å². The fraction of sp³-hybridized carbons (Fsp3) is 0.462. The molecule has 1 atom stereocenters. The lowest BCUT2D eigenvalue weighted by atomic mass is 9.91. The van der Waals surface area contributed by atoms with Crippen molar-refractivity contribution >= 4 is 16.2 Å². The maximum Gasteiger partial charge on any atom is 0.311 e. The zero-order valence-electron chi connectivity index (χ0n) is 10.9. The van der Waals surface area contributed by atoms with Gasteiger partial charge >= 0.3 is 5.97 Å². The number of benzene rings is 1. The standard InChI is InChI=1S/C13H20O3Si/c1-12(2,15)13(3,17)11(14)16-9-10-7-5-4-6-8-10/h4-8,15H,9H2,1-3,17H3. The smallest absolute Gasteiger partial charge is 0.311 e. The molecule has 94 valence electrons. The third-order valence-corrected chi connectivity index (χ3v) is 4.88. The van der Waals surface area contributed by atoms with Gasteiger partial charge in [0.15, 0.2) is 0 Å². The molecule has 0 bridgehead atoms. The molecule has 0 aliphatic carbocycles. The second-order valence-corrected chi connectivity index (χ2v) is 7.25. The third kappa shape index (κ3) is 3.41. The van der Waals surface area contributed by atoms with Gasteiger partial charge in [-0.25, -0.2) is 0 Å². The van der Waals surface area contributed by atoms with Crippen molar-refractivity contribution in [2.24, 2.45) is 0 Å². The van der Waals surface area contributed by atoms with E-state index in [-0.39, 0.29) is 12.6 Å². The minimum atomic E-state index is -1.05. The van der Waals surface area contributed by atoms with Crippen LogP contribution in [0.25, 0.3) is 0 Å². The van der Waals surface area contributed by atoms with Gasteiger partial charge in [0.1, 0.15) is 6.61 Å². The van der Waals surface area contributed by atoms with E-state index in [4.69, 9.17) is 4.74 Å². The summed E-state index contributed by atoms with van der Waals surface area (Å²) in [6.07, 6.45) is 0. The molecule has 0 fully saturated rings. The first-order chi connectivity index (χ1) is 7.75. The Balaban J connectivity index is 2.62. The molecule has 0 heterocycles. The predicted molar refractivity (Wildman–Crippen MR) is 70.8 cm³/mol. The summed E-state index contributed by atoms with van der Waals surface area (Å²) in [7, 11) is 0.543. The second kappa shape index (κ2) is 5.02. The van der Waals surface area contributed by atoms with Gasteiger partial charge in [-0.05, 0) is 26.3 Å². The molecule has 0 amide bonds. The van der Waals surface area contributed by atoms with Crippen molar-refractivity contribution < 1.29 is 14.6 Å². The Morgan fingerprint density at radius 1 is 1.29 bits per heavy atom. The number of hydrogen-bond donors (Lipinski definition) is 1. The molecule has 3 nitrogen and oxygen atoms in total. The Kier molecular flexibility index (Phi) is 4.11. The minimum Gasteiger partial charge on any atom is -0.461 e. The van der Waals surface area contributed by atoms with E-state index in [2.05, 4.69) is 0 Å². The van der Waals surface area contributed by atoms with E-state index in [1.807, 2.05) is 30.3 Å². The maximum atomic E-state index is 11.9. The number of carbonyl (C=O) groups excluding carboxylic acids is 1. The molecule has 1 aromatic carbocycles. The number of hydrogen-bond acceptors (Lipinski definition) is 3. The number of rotatable bonds is 4. The van der Waals surface area contributed by atoms with Crippen molar-refractivity contribution in [1.29, 1.82) is 0 Å². The molecule has 0 aromatic heterocycles. The van der Waals surface area contributed by atoms with Crippen LogP contribution in [0.4, 0.5) is 0 Å². The van der Waals surface area contributed by atoms with E-state index < -0.39 is 10.6 Å². The van der Waals surface area contributed by atoms with Gasteiger partial charge in [0.25, 0.3) is 0 Å². The molecule has 1 unspecified atom stereocenters. The summed E-state index contributed by atoms with van der Waals surface area (Å²) in [5.41, 5.74) is -0.0958. The van der Waals surface area contributed by atoms with Gasteiger partial charge in [-0.3, -0.25) is 4.79 Å². The number of aliphatic hydroxyl groups is 1. The lowest BCUT2D eigenvalue weighted by molar-refractivity contribution is -0.155. The molecule has 0 radical (unpaired) electrons. The van der Waals surface area contributed by atoms with Crippen LogP contribution in [0.5, 0.6) is 0 Å². The van der Waals surface area contributed by atoms with Crippen molar-refractivity contribution in [2.45, 2.75) is 38.0 Å². The largest absolute Gasteiger partial charge is 0.461 e. The van der Waals surface area contributed by atoms with Crippen molar-refractivity contribution in [3.63, 3.8) is 0 Å². The zero-order valence-corrected chi connectivity index (χ0v) is 12.9. The van der Waals surface area contributed by atoms with E-state index in [9.17, 15) is 9.90 Å². The fourth-order valence-corrected chi connectivity index (χ4v) is 1.30. The van der Waals surface area contributed by atoms with Crippen LogP contribution in [-0.2, 0) is 16.1 Å². The average Bonchev–Trinajstić information content (AvgIpc) is 2.25. The van der Waals surface area contributed by atoms with E-state index >= 15 is 0 Å². The summed E-state index contributed by atoms with van der Waals surface area (Å²) in [6, 6.07) is 9.53. The molecule has 17 heavy (non-hydrogen) atoms. The lowest BCUT2D eigenvalue weighted by Crippen LogP contribution is -2.42. The summed E-state index contributed by atoms with van der Waals surface area (Å²) in [5, 5.41) is 9.16. The zero-order chi connectivity index (χ0) is 13.1. The van der Waals surface area contributed by atoms with Crippen molar-refractivity contribution in [3.8, 4) is 0 Å². The number of esters is 1. The molecule has 4 heteroatoms. The Morgan fingerprint density at radius 3 is 2.29 bits per heavy atom. The van der Waals surface area contributed by atoms with Crippen LogP contribution in [0, 0.1) is 0 Å². The second-order valence-electron chi connectivity index (χ2n) is 5.25. The molecule has 0 saturated carbocycles. The van der Waals surface area contributed by atoms with Crippen molar-refractivity contribution in [3.05, 3.63) is 35.9 Å². The molecule has 0 spiro atoms. The third-order valence-electron chi connectivity index (χ3n) is 3.25. The molecule has 1 N–H and O–H groups in total. The SMILES string of the molecule is CC(C)(O)C(C)([SiH3])C(=O)OCc1ccccc1. The van der Waals surface area contributed by atoms with Crippen molar-refractivity contribution in [1.82, 2.24) is 0 Å². The Morgan fingerprint density at radius 2 is 1.82 bits per heavy atom. The molecule has 1 rings (SSSR count). The van der Waals surface area contributed by atoms with Gasteiger partial charge in [-0.15, -0.1) is 0 Å². The van der Waals surface area contributed by atoms with Gasteiger partial charge in [0, 0.05) is 10.2 Å². The van der Waals surface area contributed by atoms with Gasteiger partial charge in [0.05, 0.1) is 10.6 Å².